The van der Waals surface area contributed by atoms with Gasteiger partial charge in [0.05, 0.1) is 6.61 Å². The van der Waals surface area contributed by atoms with Crippen molar-refractivity contribution in [3.05, 3.63) is 28.7 Å². The molecule has 0 heterocycles. The topological polar surface area (TPSA) is 38.3 Å². The van der Waals surface area contributed by atoms with Crippen molar-refractivity contribution in [3.63, 3.8) is 0 Å². The third kappa shape index (κ3) is 2.69. The molecule has 0 saturated heterocycles. The minimum Gasteiger partial charge on any atom is -0.464 e. The molecule has 4 heteroatoms. The molecule has 0 bridgehead atoms. The van der Waals surface area contributed by atoms with Crippen LogP contribution in [0.2, 0.25) is 0 Å². The molecule has 0 aromatic heterocycles. The van der Waals surface area contributed by atoms with Gasteiger partial charge in [0.1, 0.15) is 5.54 Å². The van der Waals surface area contributed by atoms with Gasteiger partial charge in [-0.25, -0.2) is 4.79 Å². The molecule has 0 amide bonds. The van der Waals surface area contributed by atoms with Crippen LogP contribution in [0.1, 0.15) is 26.7 Å². The van der Waals surface area contributed by atoms with Crippen molar-refractivity contribution in [1.29, 1.82) is 0 Å². The summed E-state index contributed by atoms with van der Waals surface area (Å²) in [7, 11) is 0. The maximum absolute atomic E-state index is 12.1. The summed E-state index contributed by atoms with van der Waals surface area (Å²) in [5, 5.41) is 3.34. The molecule has 1 aromatic rings. The highest BCUT2D eigenvalue weighted by atomic mass is 79.9. The normalized spacial score (nSPS) is 26.3. The third-order valence-corrected chi connectivity index (χ3v) is 3.76. The monoisotopic (exact) mass is 311 g/mol. The molecule has 0 spiro atoms. The van der Waals surface area contributed by atoms with Crippen molar-refractivity contribution in [2.45, 2.75) is 32.2 Å². The predicted molar refractivity (Wildman–Crippen MR) is 75.5 cm³/mol. The van der Waals surface area contributed by atoms with Crippen LogP contribution in [0.5, 0.6) is 0 Å². The molecule has 1 aliphatic rings. The predicted octanol–water partition coefficient (Wildman–Crippen LogP) is 3.59. The van der Waals surface area contributed by atoms with Gasteiger partial charge in [0.2, 0.25) is 0 Å². The van der Waals surface area contributed by atoms with E-state index in [0.717, 1.165) is 23.0 Å². The molecule has 0 aliphatic heterocycles. The van der Waals surface area contributed by atoms with Gasteiger partial charge in [-0.05, 0) is 43.9 Å². The first kappa shape index (κ1) is 13.4. The summed E-state index contributed by atoms with van der Waals surface area (Å²) in [6.45, 7) is 4.42. The quantitative estimate of drug-likeness (QED) is 0.864. The van der Waals surface area contributed by atoms with Crippen LogP contribution in [0.3, 0.4) is 0 Å². The second-order valence-electron chi connectivity index (χ2n) is 4.95. The number of hydrogen-bond donors (Lipinski definition) is 1. The van der Waals surface area contributed by atoms with E-state index in [4.69, 9.17) is 4.74 Å². The summed E-state index contributed by atoms with van der Waals surface area (Å²) in [6.07, 6.45) is 1.66. The minimum absolute atomic E-state index is 0.136. The maximum Gasteiger partial charge on any atom is 0.331 e. The van der Waals surface area contributed by atoms with Crippen molar-refractivity contribution in [2.24, 2.45) is 5.92 Å². The van der Waals surface area contributed by atoms with Crippen LogP contribution < -0.4 is 5.32 Å². The molecule has 2 rings (SSSR count). The molecule has 1 N–H and O–H groups in total. The van der Waals surface area contributed by atoms with Crippen LogP contribution in [0.25, 0.3) is 0 Å². The van der Waals surface area contributed by atoms with Crippen molar-refractivity contribution in [1.82, 2.24) is 0 Å². The lowest BCUT2D eigenvalue weighted by Gasteiger charge is -2.45. The molecule has 0 unspecified atom stereocenters. The second kappa shape index (κ2) is 5.31. The highest BCUT2D eigenvalue weighted by Gasteiger charge is 2.49. The molecule has 1 saturated carbocycles. The van der Waals surface area contributed by atoms with Crippen LogP contribution >= 0.6 is 15.9 Å². The molecule has 1 aromatic carbocycles. The number of benzene rings is 1. The van der Waals surface area contributed by atoms with Gasteiger partial charge < -0.3 is 10.1 Å². The summed E-state index contributed by atoms with van der Waals surface area (Å²) in [6, 6.07) is 7.86. The summed E-state index contributed by atoms with van der Waals surface area (Å²) in [5.41, 5.74) is 0.417. The fourth-order valence-corrected chi connectivity index (χ4v) is 2.96. The Kier molecular flexibility index (Phi) is 3.95. The van der Waals surface area contributed by atoms with Gasteiger partial charge in [0.25, 0.3) is 0 Å². The lowest BCUT2D eigenvalue weighted by molar-refractivity contribution is -0.153. The molecule has 3 nitrogen and oxygen atoms in total. The lowest BCUT2D eigenvalue weighted by Crippen LogP contribution is -2.56. The summed E-state index contributed by atoms with van der Waals surface area (Å²) in [5.74, 6) is 0.428. The lowest BCUT2D eigenvalue weighted by atomic mass is 9.69. The first-order chi connectivity index (χ1) is 8.55. The Morgan fingerprint density at radius 3 is 2.83 bits per heavy atom. The molecule has 0 atom stereocenters. The van der Waals surface area contributed by atoms with E-state index >= 15 is 0 Å². The van der Waals surface area contributed by atoms with E-state index in [0.29, 0.717) is 12.5 Å². The average Bonchev–Trinajstić information content (AvgIpc) is 2.27. The average molecular weight is 312 g/mol. The number of carbonyl (C=O) groups excluding carboxylic acids is 1. The van der Waals surface area contributed by atoms with Crippen LogP contribution in [0, 0.1) is 5.92 Å². The number of halogens is 1. The van der Waals surface area contributed by atoms with Gasteiger partial charge in [0, 0.05) is 10.2 Å². The number of nitrogens with one attached hydrogen (secondary N) is 1. The van der Waals surface area contributed by atoms with Crippen molar-refractivity contribution in [2.75, 3.05) is 11.9 Å². The highest BCUT2D eigenvalue weighted by Crippen LogP contribution is 2.41. The Hall–Kier alpha value is -1.03. The number of anilines is 1. The summed E-state index contributed by atoms with van der Waals surface area (Å²) >= 11 is 3.43. The molecule has 0 radical (unpaired) electrons. The number of hydrogen-bond acceptors (Lipinski definition) is 3. The van der Waals surface area contributed by atoms with Gasteiger partial charge in [-0.3, -0.25) is 0 Å². The zero-order valence-corrected chi connectivity index (χ0v) is 12.3. The SMILES string of the molecule is CCOC(=O)C1(Nc2cccc(Br)c2)CC(C)C1. The Morgan fingerprint density at radius 1 is 1.56 bits per heavy atom. The fraction of sp³-hybridized carbons (Fsp3) is 0.500. The number of esters is 1. The van der Waals surface area contributed by atoms with Gasteiger partial charge in [0.15, 0.2) is 0 Å². The van der Waals surface area contributed by atoms with E-state index in [9.17, 15) is 4.79 Å². The van der Waals surface area contributed by atoms with Crippen molar-refractivity contribution >= 4 is 27.6 Å². The molecule has 98 valence electrons. The number of carbonyl (C=O) groups is 1. The third-order valence-electron chi connectivity index (χ3n) is 3.27. The van der Waals surface area contributed by atoms with E-state index in [1.165, 1.54) is 0 Å². The Morgan fingerprint density at radius 2 is 2.28 bits per heavy atom. The Balaban J connectivity index is 2.14. The van der Waals surface area contributed by atoms with E-state index in [2.05, 4.69) is 28.2 Å². The Bertz CT molecular complexity index is 441. The van der Waals surface area contributed by atoms with Crippen LogP contribution in [-0.4, -0.2) is 18.1 Å². The summed E-state index contributed by atoms with van der Waals surface area (Å²) in [4.78, 5) is 12.1. The summed E-state index contributed by atoms with van der Waals surface area (Å²) < 4.78 is 6.19. The zero-order chi connectivity index (χ0) is 13.2. The second-order valence-corrected chi connectivity index (χ2v) is 5.87. The van der Waals surface area contributed by atoms with E-state index in [-0.39, 0.29) is 5.97 Å². The molecule has 1 fully saturated rings. The molecular weight excluding hydrogens is 294 g/mol. The van der Waals surface area contributed by atoms with Gasteiger partial charge >= 0.3 is 5.97 Å². The van der Waals surface area contributed by atoms with E-state index in [1.807, 2.05) is 31.2 Å². The van der Waals surface area contributed by atoms with Crippen LogP contribution in [0.15, 0.2) is 28.7 Å². The maximum atomic E-state index is 12.1. The van der Waals surface area contributed by atoms with E-state index in [1.54, 1.807) is 0 Å². The Labute approximate surface area is 116 Å². The van der Waals surface area contributed by atoms with Gasteiger partial charge in [-0.1, -0.05) is 28.9 Å². The zero-order valence-electron chi connectivity index (χ0n) is 10.7. The fourth-order valence-electron chi connectivity index (χ4n) is 2.56. The van der Waals surface area contributed by atoms with E-state index < -0.39 is 5.54 Å². The standard InChI is InChI=1S/C14H18BrNO2/c1-3-18-13(17)14(8-10(2)9-14)16-12-6-4-5-11(15)7-12/h4-7,10,16H,3,8-9H2,1-2H3. The molecule has 18 heavy (non-hydrogen) atoms. The minimum atomic E-state index is -0.532. The first-order valence-electron chi connectivity index (χ1n) is 6.27. The largest absolute Gasteiger partial charge is 0.464 e. The van der Waals surface area contributed by atoms with Crippen molar-refractivity contribution in [3.8, 4) is 0 Å². The first-order valence-corrected chi connectivity index (χ1v) is 7.06. The highest BCUT2D eigenvalue weighted by molar-refractivity contribution is 9.10. The smallest absolute Gasteiger partial charge is 0.331 e. The number of rotatable bonds is 4. The van der Waals surface area contributed by atoms with Gasteiger partial charge in [-0.2, -0.15) is 0 Å². The number of ether oxygens (including phenoxy) is 1. The van der Waals surface area contributed by atoms with Crippen LogP contribution in [0.4, 0.5) is 5.69 Å². The molecule has 1 aliphatic carbocycles. The van der Waals surface area contributed by atoms with Crippen molar-refractivity contribution < 1.29 is 9.53 Å². The van der Waals surface area contributed by atoms with Crippen LogP contribution in [-0.2, 0) is 9.53 Å². The molecular formula is C14H18BrNO2. The van der Waals surface area contributed by atoms with Gasteiger partial charge in [-0.15, -0.1) is 0 Å².